The van der Waals surface area contributed by atoms with E-state index in [1.54, 1.807) is 18.5 Å². The van der Waals surface area contributed by atoms with Gasteiger partial charge < -0.3 is 10.1 Å². The number of carbonyl (C=O) groups excluding carboxylic acids is 1. The van der Waals surface area contributed by atoms with Gasteiger partial charge >= 0.3 is 0 Å². The summed E-state index contributed by atoms with van der Waals surface area (Å²) in [6, 6.07) is 5.64. The van der Waals surface area contributed by atoms with Crippen molar-refractivity contribution in [3.05, 3.63) is 47.3 Å². The predicted molar refractivity (Wildman–Crippen MR) is 79.4 cm³/mol. The number of aromatic nitrogens is 2. The van der Waals surface area contributed by atoms with E-state index in [-0.39, 0.29) is 18.1 Å². The molecule has 2 heterocycles. The molecule has 0 saturated carbocycles. The Bertz CT molecular complexity index is 652. The van der Waals surface area contributed by atoms with Gasteiger partial charge in [-0.05, 0) is 19.9 Å². The molecule has 3 unspecified atom stereocenters. The van der Waals surface area contributed by atoms with Crippen molar-refractivity contribution in [2.75, 3.05) is 0 Å². The van der Waals surface area contributed by atoms with Crippen LogP contribution in [0.2, 0.25) is 0 Å². The number of benzene rings is 1. The lowest BCUT2D eigenvalue weighted by molar-refractivity contribution is 0.0935. The minimum absolute atomic E-state index is 0.0975. The van der Waals surface area contributed by atoms with Gasteiger partial charge in [0.1, 0.15) is 11.9 Å². The van der Waals surface area contributed by atoms with E-state index in [0.717, 1.165) is 16.9 Å². The van der Waals surface area contributed by atoms with Gasteiger partial charge in [-0.15, -0.1) is 0 Å². The van der Waals surface area contributed by atoms with Gasteiger partial charge in [0.25, 0.3) is 5.91 Å². The Morgan fingerprint density at radius 1 is 1.43 bits per heavy atom. The molecule has 2 N–H and O–H groups in total. The zero-order valence-corrected chi connectivity index (χ0v) is 12.4. The van der Waals surface area contributed by atoms with Gasteiger partial charge in [0.2, 0.25) is 0 Å². The van der Waals surface area contributed by atoms with Crippen LogP contribution in [0, 0.1) is 0 Å². The van der Waals surface area contributed by atoms with Crippen LogP contribution in [0.3, 0.4) is 0 Å². The largest absolute Gasteiger partial charge is 0.489 e. The fourth-order valence-electron chi connectivity index (χ4n) is 2.62. The van der Waals surface area contributed by atoms with Crippen molar-refractivity contribution in [1.29, 1.82) is 0 Å². The number of rotatable bonds is 3. The Labute approximate surface area is 123 Å². The highest BCUT2D eigenvalue weighted by Crippen LogP contribution is 2.40. The first-order valence-electron chi connectivity index (χ1n) is 7.17. The normalized spacial score (nSPS) is 21.5. The van der Waals surface area contributed by atoms with Gasteiger partial charge in [-0.3, -0.25) is 9.89 Å². The molecular formula is C16H19N3O2. The Morgan fingerprint density at radius 3 is 2.95 bits per heavy atom. The van der Waals surface area contributed by atoms with E-state index in [0.29, 0.717) is 11.5 Å². The smallest absolute Gasteiger partial charge is 0.255 e. The number of aromatic amines is 1. The van der Waals surface area contributed by atoms with Crippen LogP contribution >= 0.6 is 0 Å². The standard InChI is InChI=1S/C16H19N3O2/c1-9-11(3)21-15-13(9)5-4-6-14(15)16(20)19-10(2)12-7-17-18-8-12/h4-11H,1-3H3,(H,17,18)(H,19,20). The number of carbonyl (C=O) groups is 1. The minimum atomic E-state index is -0.123. The number of nitrogens with one attached hydrogen (secondary N) is 2. The number of para-hydroxylation sites is 1. The van der Waals surface area contributed by atoms with Crippen LogP contribution < -0.4 is 10.1 Å². The van der Waals surface area contributed by atoms with Gasteiger partial charge in [0, 0.05) is 23.2 Å². The molecule has 5 nitrogen and oxygen atoms in total. The van der Waals surface area contributed by atoms with Crippen LogP contribution in [0.25, 0.3) is 0 Å². The quantitative estimate of drug-likeness (QED) is 0.911. The molecule has 110 valence electrons. The molecule has 21 heavy (non-hydrogen) atoms. The average molecular weight is 285 g/mol. The summed E-state index contributed by atoms with van der Waals surface area (Å²) in [4.78, 5) is 12.5. The fraction of sp³-hybridized carbons (Fsp3) is 0.375. The molecule has 1 aliphatic rings. The number of fused-ring (bicyclic) bond motifs is 1. The third kappa shape index (κ3) is 2.39. The fourth-order valence-corrected chi connectivity index (χ4v) is 2.62. The summed E-state index contributed by atoms with van der Waals surface area (Å²) < 4.78 is 5.86. The van der Waals surface area contributed by atoms with E-state index in [4.69, 9.17) is 4.74 Å². The van der Waals surface area contributed by atoms with E-state index >= 15 is 0 Å². The maximum Gasteiger partial charge on any atom is 0.255 e. The molecule has 5 heteroatoms. The van der Waals surface area contributed by atoms with Gasteiger partial charge in [0.05, 0.1) is 17.8 Å². The molecule has 3 atom stereocenters. The van der Waals surface area contributed by atoms with Crippen molar-refractivity contribution in [2.45, 2.75) is 38.8 Å². The van der Waals surface area contributed by atoms with Crippen LogP contribution in [0.15, 0.2) is 30.6 Å². The SMILES string of the molecule is CC(NC(=O)c1cccc2c1OC(C)C2C)c1cn[nH]c1. The molecule has 1 aliphatic heterocycles. The number of hydrogen-bond donors (Lipinski definition) is 2. The molecule has 0 bridgehead atoms. The minimum Gasteiger partial charge on any atom is -0.489 e. The summed E-state index contributed by atoms with van der Waals surface area (Å²) in [5.74, 6) is 0.898. The molecule has 0 spiro atoms. The summed E-state index contributed by atoms with van der Waals surface area (Å²) in [6.45, 7) is 6.07. The topological polar surface area (TPSA) is 67.0 Å². The Morgan fingerprint density at radius 2 is 2.24 bits per heavy atom. The van der Waals surface area contributed by atoms with Gasteiger partial charge in [-0.25, -0.2) is 0 Å². The van der Waals surface area contributed by atoms with E-state index in [1.807, 2.05) is 26.0 Å². The van der Waals surface area contributed by atoms with Crippen molar-refractivity contribution >= 4 is 5.91 Å². The lowest BCUT2D eigenvalue weighted by atomic mass is 9.96. The van der Waals surface area contributed by atoms with Crippen LogP contribution in [0.5, 0.6) is 5.75 Å². The average Bonchev–Trinajstić information content (AvgIpc) is 3.08. The zero-order valence-electron chi connectivity index (χ0n) is 12.4. The summed E-state index contributed by atoms with van der Waals surface area (Å²) >= 11 is 0. The maximum absolute atomic E-state index is 12.5. The first-order valence-corrected chi connectivity index (χ1v) is 7.17. The lowest BCUT2D eigenvalue weighted by Gasteiger charge is -2.14. The number of hydrogen-bond acceptors (Lipinski definition) is 3. The number of nitrogens with zero attached hydrogens (tertiary/aromatic N) is 1. The molecular weight excluding hydrogens is 266 g/mol. The third-order valence-electron chi connectivity index (χ3n) is 4.16. The van der Waals surface area contributed by atoms with Crippen LogP contribution in [0.1, 0.15) is 54.2 Å². The maximum atomic E-state index is 12.5. The first kappa shape index (κ1) is 13.7. The summed E-state index contributed by atoms with van der Waals surface area (Å²) in [6.07, 6.45) is 3.59. The third-order valence-corrected chi connectivity index (χ3v) is 4.16. The van der Waals surface area contributed by atoms with E-state index < -0.39 is 0 Å². The van der Waals surface area contributed by atoms with E-state index in [2.05, 4.69) is 22.4 Å². The highest BCUT2D eigenvalue weighted by Gasteiger charge is 2.31. The molecule has 0 aliphatic carbocycles. The Hall–Kier alpha value is -2.30. The number of H-pyrrole nitrogens is 1. The van der Waals surface area contributed by atoms with Gasteiger partial charge in [-0.2, -0.15) is 5.10 Å². The number of amides is 1. The summed E-state index contributed by atoms with van der Waals surface area (Å²) in [5.41, 5.74) is 2.64. The van der Waals surface area contributed by atoms with E-state index in [1.165, 1.54) is 0 Å². The Balaban J connectivity index is 1.84. The van der Waals surface area contributed by atoms with E-state index in [9.17, 15) is 4.79 Å². The zero-order chi connectivity index (χ0) is 15.0. The second kappa shape index (κ2) is 5.24. The van der Waals surface area contributed by atoms with Crippen molar-refractivity contribution in [3.8, 4) is 5.75 Å². The van der Waals surface area contributed by atoms with Crippen molar-refractivity contribution in [1.82, 2.24) is 15.5 Å². The molecule has 1 aromatic carbocycles. The molecule has 0 radical (unpaired) electrons. The second-order valence-electron chi connectivity index (χ2n) is 5.56. The van der Waals surface area contributed by atoms with Gasteiger partial charge in [0.15, 0.2) is 0 Å². The first-order chi connectivity index (χ1) is 10.1. The lowest BCUT2D eigenvalue weighted by Crippen LogP contribution is -2.26. The number of ether oxygens (including phenoxy) is 1. The monoisotopic (exact) mass is 285 g/mol. The van der Waals surface area contributed by atoms with Gasteiger partial charge in [-0.1, -0.05) is 19.1 Å². The predicted octanol–water partition coefficient (Wildman–Crippen LogP) is 2.79. The Kier molecular flexibility index (Phi) is 3.41. The summed E-state index contributed by atoms with van der Waals surface area (Å²) in [5, 5.41) is 9.63. The highest BCUT2D eigenvalue weighted by atomic mass is 16.5. The van der Waals surface area contributed by atoms with Crippen LogP contribution in [0.4, 0.5) is 0 Å². The molecule has 1 aromatic heterocycles. The van der Waals surface area contributed by atoms with Crippen LogP contribution in [-0.4, -0.2) is 22.2 Å². The second-order valence-corrected chi connectivity index (χ2v) is 5.56. The van der Waals surface area contributed by atoms with Crippen LogP contribution in [-0.2, 0) is 0 Å². The van der Waals surface area contributed by atoms with Crippen molar-refractivity contribution in [3.63, 3.8) is 0 Å². The molecule has 3 rings (SSSR count). The molecule has 0 fully saturated rings. The highest BCUT2D eigenvalue weighted by molar-refractivity contribution is 5.97. The molecule has 2 aromatic rings. The molecule has 1 amide bonds. The van der Waals surface area contributed by atoms with Crippen molar-refractivity contribution < 1.29 is 9.53 Å². The molecule has 0 saturated heterocycles. The summed E-state index contributed by atoms with van der Waals surface area (Å²) in [7, 11) is 0. The van der Waals surface area contributed by atoms with Crippen molar-refractivity contribution in [2.24, 2.45) is 0 Å².